The zero-order chi connectivity index (χ0) is 16.2. The van der Waals surface area contributed by atoms with Crippen LogP contribution in [0.4, 0.5) is 0 Å². The zero-order valence-corrected chi connectivity index (χ0v) is 13.6. The third kappa shape index (κ3) is 3.68. The molecule has 3 rings (SSSR count). The van der Waals surface area contributed by atoms with Gasteiger partial charge in [0.15, 0.2) is 0 Å². The summed E-state index contributed by atoms with van der Waals surface area (Å²) in [4.78, 5) is 16.9. The van der Waals surface area contributed by atoms with Gasteiger partial charge in [0.1, 0.15) is 0 Å². The van der Waals surface area contributed by atoms with Crippen LogP contribution in [0.1, 0.15) is 17.2 Å². The van der Waals surface area contributed by atoms with Crippen LogP contribution in [0.2, 0.25) is 0 Å². The normalized spacial score (nSPS) is 19.4. The van der Waals surface area contributed by atoms with Crippen LogP contribution < -0.4 is 0 Å². The number of hydrogen-bond donors (Lipinski definition) is 0. The van der Waals surface area contributed by atoms with Crippen molar-refractivity contribution >= 4 is 12.0 Å². The summed E-state index contributed by atoms with van der Waals surface area (Å²) in [5, 5.41) is 4.11. The highest BCUT2D eigenvalue weighted by Crippen LogP contribution is 2.25. The molecule has 1 saturated heterocycles. The van der Waals surface area contributed by atoms with Crippen LogP contribution in [0.15, 0.2) is 48.8 Å². The number of carbonyl (C=O) groups excluding carboxylic acids is 1. The number of amides is 1. The Morgan fingerprint density at radius 2 is 2.00 bits per heavy atom. The first-order valence-electron chi connectivity index (χ1n) is 7.84. The highest BCUT2D eigenvalue weighted by Gasteiger charge is 2.28. The summed E-state index contributed by atoms with van der Waals surface area (Å²) in [6, 6.07) is 10.3. The molecule has 23 heavy (non-hydrogen) atoms. The smallest absolute Gasteiger partial charge is 0.247 e. The first-order valence-corrected chi connectivity index (χ1v) is 7.84. The fourth-order valence-corrected chi connectivity index (χ4v) is 2.93. The predicted molar refractivity (Wildman–Crippen MR) is 90.6 cm³/mol. The quantitative estimate of drug-likeness (QED) is 0.814. The molecule has 1 amide bonds. The van der Waals surface area contributed by atoms with Crippen molar-refractivity contribution in [2.75, 3.05) is 26.7 Å². The van der Waals surface area contributed by atoms with Crippen molar-refractivity contribution in [2.24, 2.45) is 7.05 Å². The van der Waals surface area contributed by atoms with Crippen LogP contribution in [0.5, 0.6) is 0 Å². The molecule has 2 aromatic rings. The van der Waals surface area contributed by atoms with Crippen LogP contribution in [-0.2, 0) is 11.8 Å². The van der Waals surface area contributed by atoms with E-state index in [1.165, 1.54) is 5.56 Å². The van der Waals surface area contributed by atoms with Gasteiger partial charge in [-0.15, -0.1) is 0 Å². The average Bonchev–Trinajstić information content (AvgIpc) is 2.99. The molecule has 0 aliphatic carbocycles. The van der Waals surface area contributed by atoms with Crippen molar-refractivity contribution in [3.8, 4) is 0 Å². The second kappa shape index (κ2) is 6.79. The summed E-state index contributed by atoms with van der Waals surface area (Å²) in [6.45, 7) is 2.50. The van der Waals surface area contributed by atoms with E-state index in [1.54, 1.807) is 17.0 Å². The molecule has 5 heteroatoms. The molecule has 120 valence electrons. The number of aryl methyl sites for hydroxylation is 1. The van der Waals surface area contributed by atoms with E-state index in [1.807, 2.05) is 42.4 Å². The van der Waals surface area contributed by atoms with E-state index in [0.717, 1.165) is 25.2 Å². The molecule has 1 aromatic heterocycles. The number of likely N-dealkylation sites (N-methyl/N-ethyl adjacent to an activating group) is 1. The average molecular weight is 310 g/mol. The van der Waals surface area contributed by atoms with Crippen LogP contribution in [0, 0.1) is 0 Å². The van der Waals surface area contributed by atoms with Gasteiger partial charge in [-0.3, -0.25) is 9.48 Å². The fourth-order valence-electron chi connectivity index (χ4n) is 2.93. The lowest BCUT2D eigenvalue weighted by Crippen LogP contribution is -2.48. The van der Waals surface area contributed by atoms with Gasteiger partial charge in [-0.25, -0.2) is 0 Å². The number of benzene rings is 1. The van der Waals surface area contributed by atoms with Crippen molar-refractivity contribution in [2.45, 2.75) is 6.04 Å². The standard InChI is InChI=1S/C18H22N4O/c1-20-10-11-22(17(14-20)16-6-4-3-5-7-16)18(23)9-8-15-12-19-21(2)13-15/h3-9,12-13,17H,10-11,14H2,1-2H3. The molecule has 0 saturated carbocycles. The molecular weight excluding hydrogens is 288 g/mol. The van der Waals surface area contributed by atoms with Gasteiger partial charge in [-0.1, -0.05) is 30.3 Å². The molecule has 1 aliphatic rings. The monoisotopic (exact) mass is 310 g/mol. The summed E-state index contributed by atoms with van der Waals surface area (Å²) < 4.78 is 1.73. The SMILES string of the molecule is CN1CCN(C(=O)C=Cc2cnn(C)c2)C(c2ccccc2)C1. The van der Waals surface area contributed by atoms with Crippen LogP contribution >= 0.6 is 0 Å². The van der Waals surface area contributed by atoms with Crippen molar-refractivity contribution in [1.29, 1.82) is 0 Å². The summed E-state index contributed by atoms with van der Waals surface area (Å²) in [7, 11) is 3.97. The van der Waals surface area contributed by atoms with Crippen LogP contribution in [-0.4, -0.2) is 52.2 Å². The number of piperazine rings is 1. The summed E-state index contributed by atoms with van der Waals surface area (Å²) in [6.07, 6.45) is 7.12. The first-order chi connectivity index (χ1) is 11.1. The second-order valence-corrected chi connectivity index (χ2v) is 6.00. The number of nitrogens with zero attached hydrogens (tertiary/aromatic N) is 4. The first kappa shape index (κ1) is 15.5. The Balaban J connectivity index is 1.78. The Bertz CT molecular complexity index is 692. The lowest BCUT2D eigenvalue weighted by Gasteiger charge is -2.39. The molecule has 0 radical (unpaired) electrons. The summed E-state index contributed by atoms with van der Waals surface area (Å²) in [5.74, 6) is 0.0517. The third-order valence-corrected chi connectivity index (χ3v) is 4.19. The second-order valence-electron chi connectivity index (χ2n) is 6.00. The molecule has 1 aliphatic heterocycles. The Kier molecular flexibility index (Phi) is 4.57. The molecular formula is C18H22N4O. The fraction of sp³-hybridized carbons (Fsp3) is 0.333. The molecule has 1 fully saturated rings. The minimum Gasteiger partial charge on any atom is -0.330 e. The van der Waals surface area contributed by atoms with Gasteiger partial charge in [0.2, 0.25) is 5.91 Å². The van der Waals surface area contributed by atoms with E-state index < -0.39 is 0 Å². The molecule has 1 unspecified atom stereocenters. The maximum atomic E-state index is 12.7. The molecule has 1 atom stereocenters. The highest BCUT2D eigenvalue weighted by molar-refractivity contribution is 5.92. The van der Waals surface area contributed by atoms with Gasteiger partial charge in [0.05, 0.1) is 12.2 Å². The maximum Gasteiger partial charge on any atom is 0.247 e. The van der Waals surface area contributed by atoms with E-state index in [0.29, 0.717) is 0 Å². The molecule has 0 bridgehead atoms. The number of carbonyl (C=O) groups is 1. The molecule has 2 heterocycles. The molecule has 5 nitrogen and oxygen atoms in total. The van der Waals surface area contributed by atoms with Gasteiger partial charge in [0, 0.05) is 44.5 Å². The Morgan fingerprint density at radius 3 is 2.70 bits per heavy atom. The van der Waals surface area contributed by atoms with Crippen molar-refractivity contribution < 1.29 is 4.79 Å². The number of aromatic nitrogens is 2. The largest absolute Gasteiger partial charge is 0.330 e. The summed E-state index contributed by atoms with van der Waals surface area (Å²) >= 11 is 0. The minimum absolute atomic E-state index is 0.0517. The van der Waals surface area contributed by atoms with Crippen molar-refractivity contribution in [1.82, 2.24) is 19.6 Å². The van der Waals surface area contributed by atoms with Crippen LogP contribution in [0.25, 0.3) is 6.08 Å². The van der Waals surface area contributed by atoms with Gasteiger partial charge in [-0.2, -0.15) is 5.10 Å². The third-order valence-electron chi connectivity index (χ3n) is 4.19. The molecule has 1 aromatic carbocycles. The highest BCUT2D eigenvalue weighted by atomic mass is 16.2. The maximum absolute atomic E-state index is 12.7. The van der Waals surface area contributed by atoms with E-state index in [9.17, 15) is 4.79 Å². The lowest BCUT2D eigenvalue weighted by molar-refractivity contribution is -0.130. The van der Waals surface area contributed by atoms with E-state index in [2.05, 4.69) is 29.2 Å². The number of hydrogen-bond acceptors (Lipinski definition) is 3. The summed E-state index contributed by atoms with van der Waals surface area (Å²) in [5.41, 5.74) is 2.12. The van der Waals surface area contributed by atoms with Crippen LogP contribution in [0.3, 0.4) is 0 Å². The van der Waals surface area contributed by atoms with Crippen molar-refractivity contribution in [3.05, 3.63) is 59.9 Å². The Labute approximate surface area is 136 Å². The zero-order valence-electron chi connectivity index (χ0n) is 13.6. The van der Waals surface area contributed by atoms with Gasteiger partial charge < -0.3 is 9.80 Å². The van der Waals surface area contributed by atoms with E-state index >= 15 is 0 Å². The van der Waals surface area contributed by atoms with Gasteiger partial charge in [-0.05, 0) is 18.7 Å². The number of rotatable bonds is 3. The van der Waals surface area contributed by atoms with E-state index in [-0.39, 0.29) is 11.9 Å². The van der Waals surface area contributed by atoms with Gasteiger partial charge in [0.25, 0.3) is 0 Å². The lowest BCUT2D eigenvalue weighted by atomic mass is 10.0. The topological polar surface area (TPSA) is 41.4 Å². The van der Waals surface area contributed by atoms with Gasteiger partial charge >= 0.3 is 0 Å². The molecule has 0 spiro atoms. The van der Waals surface area contributed by atoms with Crippen molar-refractivity contribution in [3.63, 3.8) is 0 Å². The van der Waals surface area contributed by atoms with E-state index in [4.69, 9.17) is 0 Å². The Hall–Kier alpha value is -2.40. The Morgan fingerprint density at radius 1 is 1.22 bits per heavy atom. The predicted octanol–water partition coefficient (Wildman–Crippen LogP) is 1.95. The minimum atomic E-state index is 0.0517. The molecule has 0 N–H and O–H groups in total.